The third-order valence-corrected chi connectivity index (χ3v) is 3.36. The highest BCUT2D eigenvalue weighted by Gasteiger charge is 2.23. The van der Waals surface area contributed by atoms with Crippen LogP contribution in [-0.2, 0) is 11.3 Å². The summed E-state index contributed by atoms with van der Waals surface area (Å²) in [6.45, 7) is 2.57. The van der Waals surface area contributed by atoms with Crippen molar-refractivity contribution in [1.29, 1.82) is 0 Å². The summed E-state index contributed by atoms with van der Waals surface area (Å²) in [5, 5.41) is 0. The van der Waals surface area contributed by atoms with Crippen molar-refractivity contribution in [3.05, 3.63) is 29.8 Å². The van der Waals surface area contributed by atoms with Gasteiger partial charge in [0.25, 0.3) is 0 Å². The van der Waals surface area contributed by atoms with Gasteiger partial charge in [-0.05, 0) is 31.0 Å². The maximum Gasteiger partial charge on any atom is 0.221 e. The number of anilines is 1. The minimum atomic E-state index is -0.185. The molecule has 1 saturated heterocycles. The first-order valence-corrected chi connectivity index (χ1v) is 6.02. The number of nitrogens with two attached hydrogens (primary N) is 2. The predicted molar refractivity (Wildman–Crippen MR) is 68.0 cm³/mol. The molecule has 1 aliphatic rings. The Hall–Kier alpha value is -1.55. The second-order valence-corrected chi connectivity index (χ2v) is 4.68. The first-order chi connectivity index (χ1) is 8.16. The molecule has 4 heteroatoms. The number of hydrogen-bond acceptors (Lipinski definition) is 3. The smallest absolute Gasteiger partial charge is 0.221 e. The van der Waals surface area contributed by atoms with Crippen molar-refractivity contribution in [2.75, 3.05) is 18.8 Å². The lowest BCUT2D eigenvalue weighted by atomic mass is 9.97. The van der Waals surface area contributed by atoms with E-state index in [9.17, 15) is 4.79 Å². The summed E-state index contributed by atoms with van der Waals surface area (Å²) in [5.74, 6) is -0.190. The summed E-state index contributed by atoms with van der Waals surface area (Å²) in [6, 6.07) is 7.86. The summed E-state index contributed by atoms with van der Waals surface area (Å²) in [4.78, 5) is 13.4. The summed E-state index contributed by atoms with van der Waals surface area (Å²) < 4.78 is 0. The van der Waals surface area contributed by atoms with E-state index in [0.29, 0.717) is 0 Å². The van der Waals surface area contributed by atoms with Gasteiger partial charge in [-0.3, -0.25) is 9.69 Å². The molecule has 1 heterocycles. The molecule has 17 heavy (non-hydrogen) atoms. The van der Waals surface area contributed by atoms with E-state index in [-0.39, 0.29) is 11.8 Å². The molecule has 1 aliphatic heterocycles. The van der Waals surface area contributed by atoms with E-state index in [1.165, 1.54) is 0 Å². The second kappa shape index (κ2) is 5.19. The molecular weight excluding hydrogens is 214 g/mol. The molecule has 1 fully saturated rings. The lowest BCUT2D eigenvalue weighted by Crippen LogP contribution is -2.40. The van der Waals surface area contributed by atoms with Gasteiger partial charge in [-0.15, -0.1) is 0 Å². The van der Waals surface area contributed by atoms with Crippen LogP contribution in [0.1, 0.15) is 18.4 Å². The number of nitrogens with zero attached hydrogens (tertiary/aromatic N) is 1. The van der Waals surface area contributed by atoms with Crippen LogP contribution >= 0.6 is 0 Å². The Labute approximate surface area is 102 Å². The number of benzene rings is 1. The molecule has 0 aromatic heterocycles. The molecule has 0 spiro atoms. The monoisotopic (exact) mass is 233 g/mol. The zero-order valence-electron chi connectivity index (χ0n) is 9.93. The molecule has 92 valence electrons. The Morgan fingerprint density at radius 3 is 2.88 bits per heavy atom. The third-order valence-electron chi connectivity index (χ3n) is 3.36. The Bertz CT molecular complexity index is 405. The molecule has 1 atom stereocenters. The van der Waals surface area contributed by atoms with Crippen LogP contribution in [0.15, 0.2) is 24.3 Å². The number of carbonyl (C=O) groups is 1. The number of amides is 1. The molecule has 0 unspecified atom stereocenters. The molecule has 0 bridgehead atoms. The Morgan fingerprint density at radius 1 is 1.41 bits per heavy atom. The molecular formula is C13H19N3O. The van der Waals surface area contributed by atoms with Crippen molar-refractivity contribution in [2.45, 2.75) is 19.4 Å². The van der Waals surface area contributed by atoms with Crippen LogP contribution in [0.4, 0.5) is 5.69 Å². The van der Waals surface area contributed by atoms with Crippen molar-refractivity contribution in [3.8, 4) is 0 Å². The van der Waals surface area contributed by atoms with E-state index in [2.05, 4.69) is 4.90 Å². The summed E-state index contributed by atoms with van der Waals surface area (Å²) in [5.41, 5.74) is 13.2. The lowest BCUT2D eigenvalue weighted by molar-refractivity contribution is -0.123. The fourth-order valence-corrected chi connectivity index (χ4v) is 2.35. The first kappa shape index (κ1) is 11.9. The number of hydrogen-bond donors (Lipinski definition) is 2. The zero-order chi connectivity index (χ0) is 12.3. The van der Waals surface area contributed by atoms with Crippen LogP contribution in [0.2, 0.25) is 0 Å². The highest BCUT2D eigenvalue weighted by Crippen LogP contribution is 2.20. The predicted octanol–water partition coefficient (Wildman–Crippen LogP) is 0.966. The third kappa shape index (κ3) is 2.97. The van der Waals surface area contributed by atoms with Gasteiger partial charge >= 0.3 is 0 Å². The highest BCUT2D eigenvalue weighted by molar-refractivity contribution is 5.76. The maximum absolute atomic E-state index is 11.2. The van der Waals surface area contributed by atoms with Gasteiger partial charge in [0.2, 0.25) is 5.91 Å². The average Bonchev–Trinajstić information content (AvgIpc) is 2.32. The van der Waals surface area contributed by atoms with Crippen molar-refractivity contribution in [1.82, 2.24) is 4.90 Å². The fourth-order valence-electron chi connectivity index (χ4n) is 2.35. The minimum Gasteiger partial charge on any atom is -0.398 e. The maximum atomic E-state index is 11.2. The van der Waals surface area contributed by atoms with Gasteiger partial charge in [0.1, 0.15) is 0 Å². The standard InChI is InChI=1S/C13H19N3O/c14-12-6-2-1-4-10(12)8-16-7-3-5-11(9-16)13(15)17/h1-2,4,6,11H,3,5,7-9,14H2,(H2,15,17)/t11-/m0/s1. The van der Waals surface area contributed by atoms with Gasteiger partial charge < -0.3 is 11.5 Å². The summed E-state index contributed by atoms with van der Waals surface area (Å²) in [7, 11) is 0. The minimum absolute atomic E-state index is 0.00585. The lowest BCUT2D eigenvalue weighted by Gasteiger charge is -2.31. The molecule has 4 nitrogen and oxygen atoms in total. The Balaban J connectivity index is 1.99. The summed E-state index contributed by atoms with van der Waals surface area (Å²) in [6.07, 6.45) is 1.94. The van der Waals surface area contributed by atoms with Gasteiger partial charge in [0, 0.05) is 18.8 Å². The molecule has 0 saturated carbocycles. The van der Waals surface area contributed by atoms with Gasteiger partial charge in [0.05, 0.1) is 5.92 Å². The highest BCUT2D eigenvalue weighted by atomic mass is 16.1. The molecule has 0 aliphatic carbocycles. The number of para-hydroxylation sites is 1. The van der Waals surface area contributed by atoms with Gasteiger partial charge in [0.15, 0.2) is 0 Å². The van der Waals surface area contributed by atoms with Crippen molar-refractivity contribution < 1.29 is 4.79 Å². The van der Waals surface area contributed by atoms with Crippen LogP contribution < -0.4 is 11.5 Å². The largest absolute Gasteiger partial charge is 0.398 e. The molecule has 1 aromatic carbocycles. The number of nitrogen functional groups attached to an aromatic ring is 1. The molecule has 1 amide bonds. The van der Waals surface area contributed by atoms with Gasteiger partial charge in [-0.2, -0.15) is 0 Å². The van der Waals surface area contributed by atoms with Crippen LogP contribution in [0.5, 0.6) is 0 Å². The van der Waals surface area contributed by atoms with Crippen LogP contribution in [-0.4, -0.2) is 23.9 Å². The quantitative estimate of drug-likeness (QED) is 0.764. The number of rotatable bonds is 3. The SMILES string of the molecule is NC(=O)[C@H]1CCCN(Cc2ccccc2N)C1. The van der Waals surface area contributed by atoms with E-state index < -0.39 is 0 Å². The number of primary amides is 1. The fraction of sp³-hybridized carbons (Fsp3) is 0.462. The van der Waals surface area contributed by atoms with Crippen LogP contribution in [0.25, 0.3) is 0 Å². The first-order valence-electron chi connectivity index (χ1n) is 6.02. The molecule has 4 N–H and O–H groups in total. The summed E-state index contributed by atoms with van der Waals surface area (Å²) >= 11 is 0. The van der Waals surface area contributed by atoms with Crippen molar-refractivity contribution >= 4 is 11.6 Å². The topological polar surface area (TPSA) is 72.4 Å². The van der Waals surface area contributed by atoms with Crippen molar-refractivity contribution in [3.63, 3.8) is 0 Å². The average molecular weight is 233 g/mol. The number of carbonyl (C=O) groups excluding carboxylic acids is 1. The normalized spacial score (nSPS) is 21.3. The van der Waals surface area contributed by atoms with Crippen molar-refractivity contribution in [2.24, 2.45) is 11.7 Å². The van der Waals surface area contributed by atoms with Crippen LogP contribution in [0, 0.1) is 5.92 Å². The van der Waals surface area contributed by atoms with E-state index in [1.807, 2.05) is 24.3 Å². The van der Waals surface area contributed by atoms with E-state index >= 15 is 0 Å². The second-order valence-electron chi connectivity index (χ2n) is 4.68. The number of likely N-dealkylation sites (tertiary alicyclic amines) is 1. The van der Waals surface area contributed by atoms with E-state index in [0.717, 1.165) is 43.7 Å². The van der Waals surface area contributed by atoms with E-state index in [4.69, 9.17) is 11.5 Å². The zero-order valence-corrected chi connectivity index (χ0v) is 9.93. The molecule has 1 aromatic rings. The number of piperidine rings is 1. The Morgan fingerprint density at radius 2 is 2.18 bits per heavy atom. The van der Waals surface area contributed by atoms with Gasteiger partial charge in [-0.1, -0.05) is 18.2 Å². The van der Waals surface area contributed by atoms with E-state index in [1.54, 1.807) is 0 Å². The molecule has 0 radical (unpaired) electrons. The Kier molecular flexibility index (Phi) is 3.64. The molecule has 2 rings (SSSR count). The van der Waals surface area contributed by atoms with Gasteiger partial charge in [-0.25, -0.2) is 0 Å². The van der Waals surface area contributed by atoms with Crippen LogP contribution in [0.3, 0.4) is 0 Å².